The van der Waals surface area contributed by atoms with E-state index >= 15 is 0 Å². The Hall–Kier alpha value is -2.29. The topological polar surface area (TPSA) is 46.5 Å². The van der Waals surface area contributed by atoms with Crippen LogP contribution in [0.15, 0.2) is 41.5 Å². The lowest BCUT2D eigenvalue weighted by atomic mass is 9.93. The van der Waals surface area contributed by atoms with E-state index < -0.39 is 5.97 Å². The summed E-state index contributed by atoms with van der Waals surface area (Å²) in [5, 5.41) is 8.68. The van der Waals surface area contributed by atoms with E-state index in [1.54, 1.807) is 14.0 Å². The van der Waals surface area contributed by atoms with Crippen molar-refractivity contribution < 1.29 is 14.6 Å². The van der Waals surface area contributed by atoms with Gasteiger partial charge in [0, 0.05) is 6.08 Å². The van der Waals surface area contributed by atoms with Crippen LogP contribution in [0.3, 0.4) is 0 Å². The van der Waals surface area contributed by atoms with Crippen LogP contribution < -0.4 is 4.74 Å². The lowest BCUT2D eigenvalue weighted by Gasteiger charge is -2.16. The lowest BCUT2D eigenvalue weighted by Crippen LogP contribution is -2.00. The average molecular weight is 328 g/mol. The van der Waals surface area contributed by atoms with Gasteiger partial charge >= 0.3 is 5.97 Å². The SMILES string of the molecule is COc1cc(C)c(CCC(C)=CC=CC(C)=CC(=O)O)c(C)c1C. The van der Waals surface area contributed by atoms with E-state index in [-0.39, 0.29) is 0 Å². The lowest BCUT2D eigenvalue weighted by molar-refractivity contribution is -0.131. The summed E-state index contributed by atoms with van der Waals surface area (Å²) < 4.78 is 5.42. The molecule has 0 amide bonds. The molecule has 0 aliphatic carbocycles. The van der Waals surface area contributed by atoms with Crippen molar-refractivity contribution in [2.75, 3.05) is 7.11 Å². The van der Waals surface area contributed by atoms with E-state index in [2.05, 4.69) is 33.8 Å². The first-order valence-electron chi connectivity index (χ1n) is 8.15. The van der Waals surface area contributed by atoms with Crippen molar-refractivity contribution in [2.45, 2.75) is 47.5 Å². The highest BCUT2D eigenvalue weighted by molar-refractivity contribution is 5.81. The minimum absolute atomic E-state index is 0.726. The van der Waals surface area contributed by atoms with Crippen LogP contribution >= 0.6 is 0 Å². The molecule has 1 aromatic rings. The van der Waals surface area contributed by atoms with Crippen LogP contribution in [-0.4, -0.2) is 18.2 Å². The highest BCUT2D eigenvalue weighted by Crippen LogP contribution is 2.28. The van der Waals surface area contributed by atoms with Gasteiger partial charge < -0.3 is 9.84 Å². The van der Waals surface area contributed by atoms with Crippen molar-refractivity contribution in [1.82, 2.24) is 0 Å². The van der Waals surface area contributed by atoms with Crippen molar-refractivity contribution in [3.63, 3.8) is 0 Å². The molecule has 3 heteroatoms. The van der Waals surface area contributed by atoms with E-state index in [1.165, 1.54) is 33.9 Å². The van der Waals surface area contributed by atoms with Crippen molar-refractivity contribution in [3.8, 4) is 5.75 Å². The summed E-state index contributed by atoms with van der Waals surface area (Å²) in [5.74, 6) is 0.0308. The van der Waals surface area contributed by atoms with Gasteiger partial charge in [-0.3, -0.25) is 0 Å². The van der Waals surface area contributed by atoms with Crippen molar-refractivity contribution >= 4 is 5.97 Å². The number of hydrogen-bond donors (Lipinski definition) is 1. The molecule has 0 fully saturated rings. The number of allylic oxidation sites excluding steroid dienone is 5. The van der Waals surface area contributed by atoms with Crippen LogP contribution in [0, 0.1) is 20.8 Å². The van der Waals surface area contributed by atoms with E-state index in [4.69, 9.17) is 9.84 Å². The van der Waals surface area contributed by atoms with Crippen LogP contribution in [0.5, 0.6) is 5.75 Å². The summed E-state index contributed by atoms with van der Waals surface area (Å²) >= 11 is 0. The Labute approximate surface area is 145 Å². The fourth-order valence-corrected chi connectivity index (χ4v) is 2.71. The van der Waals surface area contributed by atoms with Crippen LogP contribution in [0.1, 0.15) is 42.5 Å². The molecule has 0 radical (unpaired) electrons. The number of ether oxygens (including phenoxy) is 1. The first-order valence-corrected chi connectivity index (χ1v) is 8.15. The third-order valence-electron chi connectivity index (χ3n) is 4.29. The summed E-state index contributed by atoms with van der Waals surface area (Å²) in [5.41, 5.74) is 7.14. The number of rotatable bonds is 7. The number of carboxylic acid groups (broad SMARTS) is 1. The highest BCUT2D eigenvalue weighted by atomic mass is 16.5. The minimum atomic E-state index is -0.918. The third kappa shape index (κ3) is 5.73. The first kappa shape index (κ1) is 19.8. The van der Waals surface area contributed by atoms with Gasteiger partial charge in [-0.1, -0.05) is 23.8 Å². The molecule has 0 saturated heterocycles. The molecule has 1 N–H and O–H groups in total. The minimum Gasteiger partial charge on any atom is -0.496 e. The fourth-order valence-electron chi connectivity index (χ4n) is 2.71. The standard InChI is InChI=1S/C21H28O3/c1-14(8-7-9-15(2)12-21(22)23)10-11-19-16(3)13-20(24-6)18(5)17(19)4/h7-9,12-13H,10-11H2,1-6H3,(H,22,23). The summed E-state index contributed by atoms with van der Waals surface area (Å²) in [6.07, 6.45) is 8.92. The molecular weight excluding hydrogens is 300 g/mol. The van der Waals surface area contributed by atoms with Gasteiger partial charge in [0.05, 0.1) is 7.11 Å². The predicted octanol–water partition coefficient (Wildman–Crippen LogP) is 5.09. The molecule has 0 heterocycles. The van der Waals surface area contributed by atoms with Gasteiger partial charge in [-0.05, 0) is 81.4 Å². The Bertz CT molecular complexity index is 692. The Balaban J connectivity index is 2.79. The second-order valence-electron chi connectivity index (χ2n) is 6.22. The van der Waals surface area contributed by atoms with Crippen LogP contribution in [-0.2, 0) is 11.2 Å². The summed E-state index contributed by atoms with van der Waals surface area (Å²) in [6.45, 7) is 10.3. The third-order valence-corrected chi connectivity index (χ3v) is 4.29. The summed E-state index contributed by atoms with van der Waals surface area (Å²) in [6, 6.07) is 2.11. The Kier molecular flexibility index (Phi) is 7.50. The quantitative estimate of drug-likeness (QED) is 0.560. The molecule has 0 aliphatic heterocycles. The fraction of sp³-hybridized carbons (Fsp3) is 0.381. The summed E-state index contributed by atoms with van der Waals surface area (Å²) in [4.78, 5) is 10.6. The van der Waals surface area contributed by atoms with E-state index in [9.17, 15) is 4.79 Å². The van der Waals surface area contributed by atoms with E-state index in [0.29, 0.717) is 0 Å². The predicted molar refractivity (Wildman–Crippen MR) is 99.8 cm³/mol. The molecule has 0 atom stereocenters. The second kappa shape index (κ2) is 9.11. The molecule has 3 nitrogen and oxygen atoms in total. The molecule has 0 saturated carbocycles. The van der Waals surface area contributed by atoms with Gasteiger partial charge in [0.1, 0.15) is 5.75 Å². The van der Waals surface area contributed by atoms with Gasteiger partial charge in [0.15, 0.2) is 0 Å². The molecule has 0 bridgehead atoms. The number of carboxylic acids is 1. The monoisotopic (exact) mass is 328 g/mol. The molecule has 1 rings (SSSR count). The number of carbonyl (C=O) groups is 1. The number of hydrogen-bond acceptors (Lipinski definition) is 2. The molecule has 0 unspecified atom stereocenters. The maximum atomic E-state index is 10.6. The van der Waals surface area contributed by atoms with Gasteiger partial charge in [-0.25, -0.2) is 4.79 Å². The zero-order valence-electron chi connectivity index (χ0n) is 15.6. The Morgan fingerprint density at radius 2 is 1.88 bits per heavy atom. The number of aryl methyl sites for hydroxylation is 1. The molecular formula is C21H28O3. The molecule has 24 heavy (non-hydrogen) atoms. The zero-order valence-corrected chi connectivity index (χ0v) is 15.6. The van der Waals surface area contributed by atoms with Crippen molar-refractivity contribution in [2.24, 2.45) is 0 Å². The largest absolute Gasteiger partial charge is 0.496 e. The number of aliphatic carboxylic acids is 1. The van der Waals surface area contributed by atoms with E-state index in [0.717, 1.165) is 24.2 Å². The molecule has 0 aromatic heterocycles. The van der Waals surface area contributed by atoms with E-state index in [1.807, 2.05) is 18.2 Å². The smallest absolute Gasteiger partial charge is 0.328 e. The van der Waals surface area contributed by atoms with Crippen molar-refractivity contribution in [1.29, 1.82) is 0 Å². The average Bonchev–Trinajstić information content (AvgIpc) is 2.50. The van der Waals surface area contributed by atoms with Gasteiger partial charge in [-0.2, -0.15) is 0 Å². The number of methoxy groups -OCH3 is 1. The molecule has 130 valence electrons. The van der Waals surface area contributed by atoms with Gasteiger partial charge in [-0.15, -0.1) is 0 Å². The first-order chi connectivity index (χ1) is 11.3. The zero-order chi connectivity index (χ0) is 18.3. The molecule has 1 aromatic carbocycles. The van der Waals surface area contributed by atoms with Crippen LogP contribution in [0.4, 0.5) is 0 Å². The van der Waals surface area contributed by atoms with Crippen LogP contribution in [0.25, 0.3) is 0 Å². The van der Waals surface area contributed by atoms with Crippen molar-refractivity contribution in [3.05, 3.63) is 63.8 Å². The number of benzene rings is 1. The highest BCUT2D eigenvalue weighted by Gasteiger charge is 2.10. The Morgan fingerprint density at radius 1 is 1.21 bits per heavy atom. The summed E-state index contributed by atoms with van der Waals surface area (Å²) in [7, 11) is 1.71. The molecule has 0 aliphatic rings. The normalized spacial score (nSPS) is 12.8. The molecule has 0 spiro atoms. The maximum absolute atomic E-state index is 10.6. The van der Waals surface area contributed by atoms with Gasteiger partial charge in [0.2, 0.25) is 0 Å². The Morgan fingerprint density at radius 3 is 2.46 bits per heavy atom. The second-order valence-corrected chi connectivity index (χ2v) is 6.22. The van der Waals surface area contributed by atoms with Gasteiger partial charge in [0.25, 0.3) is 0 Å². The maximum Gasteiger partial charge on any atom is 0.328 e. The van der Waals surface area contributed by atoms with Crippen LogP contribution in [0.2, 0.25) is 0 Å².